The second-order valence-corrected chi connectivity index (χ2v) is 7.11. The molecule has 0 fully saturated rings. The summed E-state index contributed by atoms with van der Waals surface area (Å²) in [5.41, 5.74) is 1.91. The predicted molar refractivity (Wildman–Crippen MR) is 86.6 cm³/mol. The molecule has 1 aliphatic carbocycles. The molecule has 0 radical (unpaired) electrons. The van der Waals surface area contributed by atoms with Gasteiger partial charge < -0.3 is 5.32 Å². The van der Waals surface area contributed by atoms with Gasteiger partial charge in [0.2, 0.25) is 0 Å². The molecule has 1 amide bonds. The highest BCUT2D eigenvalue weighted by Gasteiger charge is 2.23. The summed E-state index contributed by atoms with van der Waals surface area (Å²) in [6.45, 7) is 0. The van der Waals surface area contributed by atoms with Gasteiger partial charge in [-0.2, -0.15) is 0 Å². The van der Waals surface area contributed by atoms with Crippen molar-refractivity contribution >= 4 is 44.8 Å². The number of carbonyl (C=O) groups excluding carboxylic acids is 1. The third-order valence-corrected chi connectivity index (χ3v) is 5.75. The molecule has 0 saturated heterocycles. The fourth-order valence-electron chi connectivity index (χ4n) is 2.52. The molecule has 0 saturated carbocycles. The number of hydrogen-bond acceptors (Lipinski definition) is 2. The molecule has 2 nitrogen and oxygen atoms in total. The van der Waals surface area contributed by atoms with Gasteiger partial charge in [0.15, 0.2) is 0 Å². The number of halogens is 2. The zero-order valence-corrected chi connectivity index (χ0v) is 13.8. The zero-order valence-electron chi connectivity index (χ0n) is 10.7. The summed E-state index contributed by atoms with van der Waals surface area (Å²) in [5.74, 6) is -0.0496. The molecule has 1 aliphatic rings. The van der Waals surface area contributed by atoms with E-state index in [-0.39, 0.29) is 11.9 Å². The molecule has 1 aromatic heterocycles. The van der Waals surface area contributed by atoms with Crippen molar-refractivity contribution < 1.29 is 4.79 Å². The van der Waals surface area contributed by atoms with Crippen molar-refractivity contribution in [2.45, 2.75) is 25.3 Å². The van der Waals surface area contributed by atoms with Gasteiger partial charge in [-0.3, -0.25) is 4.79 Å². The van der Waals surface area contributed by atoms with E-state index in [9.17, 15) is 4.79 Å². The Morgan fingerprint density at radius 3 is 3.05 bits per heavy atom. The number of nitrogens with one attached hydrogen (secondary N) is 1. The smallest absolute Gasteiger partial charge is 0.251 e. The van der Waals surface area contributed by atoms with E-state index in [1.54, 1.807) is 29.5 Å². The minimum atomic E-state index is -0.0496. The molecule has 1 N–H and O–H groups in total. The minimum absolute atomic E-state index is 0.0496. The average molecular weight is 371 g/mol. The first-order valence-electron chi connectivity index (χ1n) is 6.47. The van der Waals surface area contributed by atoms with Crippen LogP contribution in [0.25, 0.3) is 0 Å². The van der Waals surface area contributed by atoms with Gasteiger partial charge in [0.05, 0.1) is 11.1 Å². The van der Waals surface area contributed by atoms with Gasteiger partial charge in [-0.05, 0) is 70.4 Å². The first-order chi connectivity index (χ1) is 9.65. The van der Waals surface area contributed by atoms with Gasteiger partial charge in [0.1, 0.15) is 0 Å². The molecule has 1 heterocycles. The summed E-state index contributed by atoms with van der Waals surface area (Å²) < 4.78 is 0.742. The second-order valence-electron chi connectivity index (χ2n) is 4.85. The Hall–Kier alpha value is -0.840. The van der Waals surface area contributed by atoms with Crippen molar-refractivity contribution in [1.82, 2.24) is 5.32 Å². The lowest BCUT2D eigenvalue weighted by molar-refractivity contribution is 0.0933. The maximum atomic E-state index is 12.3. The number of aryl methyl sites for hydroxylation is 1. The topological polar surface area (TPSA) is 29.1 Å². The van der Waals surface area contributed by atoms with E-state index in [0.717, 1.165) is 23.7 Å². The maximum Gasteiger partial charge on any atom is 0.251 e. The molecule has 0 bridgehead atoms. The largest absolute Gasteiger partial charge is 0.345 e. The van der Waals surface area contributed by atoms with Crippen LogP contribution in [0.4, 0.5) is 0 Å². The van der Waals surface area contributed by atoms with Crippen molar-refractivity contribution in [2.75, 3.05) is 0 Å². The SMILES string of the molecule is O=C(NC1CCCc2sccc21)c1ccc(Cl)c(Br)c1. The van der Waals surface area contributed by atoms with E-state index in [2.05, 4.69) is 32.7 Å². The van der Waals surface area contributed by atoms with Crippen molar-refractivity contribution in [1.29, 1.82) is 0 Å². The molecule has 5 heteroatoms. The van der Waals surface area contributed by atoms with Gasteiger partial charge in [0.25, 0.3) is 5.91 Å². The lowest BCUT2D eigenvalue weighted by Crippen LogP contribution is -2.30. The van der Waals surface area contributed by atoms with Crippen LogP contribution in [0.2, 0.25) is 5.02 Å². The van der Waals surface area contributed by atoms with Crippen LogP contribution in [0, 0.1) is 0 Å². The molecular weight excluding hydrogens is 358 g/mol. The van der Waals surface area contributed by atoms with Crippen LogP contribution in [-0.4, -0.2) is 5.91 Å². The molecule has 20 heavy (non-hydrogen) atoms. The monoisotopic (exact) mass is 369 g/mol. The highest BCUT2D eigenvalue weighted by Crippen LogP contribution is 2.33. The first kappa shape index (κ1) is 14.1. The number of hydrogen-bond donors (Lipinski definition) is 1. The van der Waals surface area contributed by atoms with Crippen molar-refractivity contribution in [3.05, 3.63) is 55.1 Å². The lowest BCUT2D eigenvalue weighted by atomic mass is 9.94. The summed E-state index contributed by atoms with van der Waals surface area (Å²) in [7, 11) is 0. The van der Waals surface area contributed by atoms with Crippen LogP contribution < -0.4 is 5.32 Å². The van der Waals surface area contributed by atoms with Gasteiger partial charge >= 0.3 is 0 Å². The van der Waals surface area contributed by atoms with Gasteiger partial charge in [-0.25, -0.2) is 0 Å². The van der Waals surface area contributed by atoms with E-state index in [1.165, 1.54) is 10.4 Å². The van der Waals surface area contributed by atoms with E-state index in [1.807, 2.05) is 0 Å². The summed E-state index contributed by atoms with van der Waals surface area (Å²) in [4.78, 5) is 13.7. The lowest BCUT2D eigenvalue weighted by Gasteiger charge is -2.23. The van der Waals surface area contributed by atoms with Gasteiger partial charge in [0, 0.05) is 14.9 Å². The Morgan fingerprint density at radius 1 is 1.40 bits per heavy atom. The van der Waals surface area contributed by atoms with Gasteiger partial charge in [-0.1, -0.05) is 11.6 Å². The standard InChI is InChI=1S/C15H13BrClNOS/c16-11-8-9(4-5-12(11)17)15(19)18-13-2-1-3-14-10(13)6-7-20-14/h4-8,13H,1-3H2,(H,18,19). The maximum absolute atomic E-state index is 12.3. The number of rotatable bonds is 2. The molecule has 1 unspecified atom stereocenters. The molecule has 1 aromatic carbocycles. The fraction of sp³-hybridized carbons (Fsp3) is 0.267. The van der Waals surface area contributed by atoms with E-state index < -0.39 is 0 Å². The second kappa shape index (κ2) is 5.88. The van der Waals surface area contributed by atoms with Crippen LogP contribution in [0.5, 0.6) is 0 Å². The fourth-order valence-corrected chi connectivity index (χ4v) is 4.00. The summed E-state index contributed by atoms with van der Waals surface area (Å²) in [6.07, 6.45) is 3.26. The third kappa shape index (κ3) is 2.78. The van der Waals surface area contributed by atoms with Crippen molar-refractivity contribution in [3.63, 3.8) is 0 Å². The zero-order chi connectivity index (χ0) is 14.1. The molecular formula is C15H13BrClNOS. The number of fused-ring (bicyclic) bond motifs is 1. The molecule has 104 valence electrons. The molecule has 3 rings (SSSR count). The van der Waals surface area contributed by atoms with E-state index >= 15 is 0 Å². The predicted octanol–water partition coefficient (Wildman–Crippen LogP) is 4.97. The Kier molecular flexibility index (Phi) is 4.15. The van der Waals surface area contributed by atoms with Crippen LogP contribution in [0.15, 0.2) is 34.1 Å². The number of benzene rings is 1. The molecule has 2 aromatic rings. The quantitative estimate of drug-likeness (QED) is 0.794. The van der Waals surface area contributed by atoms with Crippen LogP contribution in [-0.2, 0) is 6.42 Å². The Bertz CT molecular complexity index is 655. The Balaban J connectivity index is 1.79. The van der Waals surface area contributed by atoms with Crippen molar-refractivity contribution in [3.8, 4) is 0 Å². The summed E-state index contributed by atoms with van der Waals surface area (Å²) >= 11 is 11.1. The van der Waals surface area contributed by atoms with Crippen LogP contribution >= 0.6 is 38.9 Å². The van der Waals surface area contributed by atoms with E-state index in [4.69, 9.17) is 11.6 Å². The van der Waals surface area contributed by atoms with Crippen LogP contribution in [0.3, 0.4) is 0 Å². The number of thiophene rings is 1. The summed E-state index contributed by atoms with van der Waals surface area (Å²) in [6, 6.07) is 7.50. The molecule has 0 aliphatic heterocycles. The molecule has 1 atom stereocenters. The van der Waals surface area contributed by atoms with E-state index in [0.29, 0.717) is 10.6 Å². The summed E-state index contributed by atoms with van der Waals surface area (Å²) in [5, 5.41) is 5.84. The highest BCUT2D eigenvalue weighted by molar-refractivity contribution is 9.10. The van der Waals surface area contributed by atoms with Crippen molar-refractivity contribution in [2.24, 2.45) is 0 Å². The normalized spacial score (nSPS) is 17.6. The first-order valence-corrected chi connectivity index (χ1v) is 8.52. The molecule has 0 spiro atoms. The minimum Gasteiger partial charge on any atom is -0.345 e. The Morgan fingerprint density at radius 2 is 2.25 bits per heavy atom. The highest BCUT2D eigenvalue weighted by atomic mass is 79.9. The number of amides is 1. The third-order valence-electron chi connectivity index (χ3n) is 3.54. The Labute approximate surface area is 135 Å². The average Bonchev–Trinajstić information content (AvgIpc) is 2.91. The number of carbonyl (C=O) groups is 1. The van der Waals surface area contributed by atoms with Gasteiger partial charge in [-0.15, -0.1) is 11.3 Å². The van der Waals surface area contributed by atoms with Crippen LogP contribution in [0.1, 0.15) is 39.7 Å².